The van der Waals surface area contributed by atoms with Gasteiger partial charge in [-0.1, -0.05) is 19.1 Å². The highest BCUT2D eigenvalue weighted by Gasteiger charge is 2.36. The number of rotatable bonds is 5. The number of hydrogen-bond donors (Lipinski definition) is 1. The summed E-state index contributed by atoms with van der Waals surface area (Å²) in [6, 6.07) is 7.40. The van der Waals surface area contributed by atoms with Gasteiger partial charge in [-0.15, -0.1) is 0 Å². The lowest BCUT2D eigenvalue weighted by Gasteiger charge is -2.16. The first-order valence-corrected chi connectivity index (χ1v) is 9.58. The Labute approximate surface area is 145 Å². The third kappa shape index (κ3) is 3.59. The molecule has 1 aliphatic rings. The summed E-state index contributed by atoms with van der Waals surface area (Å²) in [7, 11) is -3.43. The monoisotopic (exact) mass is 366 g/mol. The lowest BCUT2D eigenvalue weighted by Crippen LogP contribution is -2.37. The molecule has 1 N–H and O–H groups in total. The fraction of sp³-hybridized carbons (Fsp3) is 0.353. The Morgan fingerprint density at radius 1 is 1.32 bits per heavy atom. The zero-order valence-electron chi connectivity index (χ0n) is 13.7. The highest BCUT2D eigenvalue weighted by Crippen LogP contribution is 2.28. The predicted molar refractivity (Wildman–Crippen MR) is 91.0 cm³/mol. The van der Waals surface area contributed by atoms with Crippen LogP contribution in [0.1, 0.15) is 23.9 Å². The number of likely N-dealkylation sites (tertiary alicyclic amines) is 1. The zero-order chi connectivity index (χ0) is 18.0. The number of benzene rings is 1. The van der Waals surface area contributed by atoms with Crippen molar-refractivity contribution in [2.45, 2.75) is 18.6 Å². The lowest BCUT2D eigenvalue weighted by molar-refractivity contribution is 0.0762. The number of hydrogen-bond acceptors (Lipinski definition) is 4. The second kappa shape index (κ2) is 6.97. The van der Waals surface area contributed by atoms with Gasteiger partial charge in [0.05, 0.1) is 11.5 Å². The molecular weight excluding hydrogens is 347 g/mol. The van der Waals surface area contributed by atoms with Crippen molar-refractivity contribution in [3.63, 3.8) is 0 Å². The van der Waals surface area contributed by atoms with Gasteiger partial charge < -0.3 is 9.32 Å². The van der Waals surface area contributed by atoms with E-state index in [-0.39, 0.29) is 24.0 Å². The number of furan rings is 1. The topological polar surface area (TPSA) is 79.6 Å². The van der Waals surface area contributed by atoms with Gasteiger partial charge in [0.15, 0.2) is 5.76 Å². The summed E-state index contributed by atoms with van der Waals surface area (Å²) in [6.07, 6.45) is 1.78. The Bertz CT molecular complexity index is 861. The molecule has 6 nitrogen and oxygen atoms in total. The Hall–Kier alpha value is -2.19. The first kappa shape index (κ1) is 17.6. The molecule has 8 heteroatoms. The van der Waals surface area contributed by atoms with E-state index >= 15 is 0 Å². The Balaban J connectivity index is 1.79. The largest absolute Gasteiger partial charge is 0.459 e. The van der Waals surface area contributed by atoms with E-state index in [1.54, 1.807) is 25.1 Å². The number of carbonyl (C=O) groups is 1. The van der Waals surface area contributed by atoms with Crippen molar-refractivity contribution in [2.75, 3.05) is 19.6 Å². The smallest absolute Gasteiger partial charge is 0.290 e. The number of nitrogens with one attached hydrogen (secondary N) is 1. The summed E-state index contributed by atoms with van der Waals surface area (Å²) in [4.78, 5) is 14.2. The van der Waals surface area contributed by atoms with Gasteiger partial charge in [0, 0.05) is 25.2 Å². The summed E-state index contributed by atoms with van der Waals surface area (Å²) in [6.45, 7) is 2.50. The summed E-state index contributed by atoms with van der Waals surface area (Å²) >= 11 is 0. The summed E-state index contributed by atoms with van der Waals surface area (Å²) in [5.74, 6) is -0.595. The second-order valence-corrected chi connectivity index (χ2v) is 7.92. The maximum atomic E-state index is 13.1. The number of amides is 1. The molecule has 0 bridgehead atoms. The third-order valence-electron chi connectivity index (χ3n) is 4.23. The highest BCUT2D eigenvalue weighted by atomic mass is 32.2. The molecule has 0 radical (unpaired) electrons. The van der Waals surface area contributed by atoms with Gasteiger partial charge in [0.25, 0.3) is 5.91 Å². The van der Waals surface area contributed by atoms with Crippen LogP contribution in [0.3, 0.4) is 0 Å². The van der Waals surface area contributed by atoms with Gasteiger partial charge >= 0.3 is 0 Å². The van der Waals surface area contributed by atoms with Gasteiger partial charge in [-0.05, 0) is 30.2 Å². The molecule has 134 valence electrons. The van der Waals surface area contributed by atoms with Crippen LogP contribution in [0.4, 0.5) is 4.39 Å². The summed E-state index contributed by atoms with van der Waals surface area (Å²) in [5, 5.41) is -0.624. The van der Waals surface area contributed by atoms with E-state index in [2.05, 4.69) is 4.72 Å². The fourth-order valence-electron chi connectivity index (χ4n) is 2.96. The molecule has 1 aliphatic heterocycles. The first-order valence-electron chi connectivity index (χ1n) is 8.03. The molecule has 3 rings (SSSR count). The minimum Gasteiger partial charge on any atom is -0.459 e. The predicted octanol–water partition coefficient (Wildman–Crippen LogP) is 2.24. The van der Waals surface area contributed by atoms with Gasteiger partial charge in [-0.3, -0.25) is 4.79 Å². The number of nitrogens with zero attached hydrogens (tertiary/aromatic N) is 1. The van der Waals surface area contributed by atoms with E-state index in [0.29, 0.717) is 30.6 Å². The minimum absolute atomic E-state index is 0.123. The van der Waals surface area contributed by atoms with Crippen LogP contribution in [0.15, 0.2) is 41.0 Å². The molecule has 0 saturated carbocycles. The van der Waals surface area contributed by atoms with Crippen molar-refractivity contribution in [3.8, 4) is 11.1 Å². The SMILES string of the molecule is CCNS(=O)(=O)C1CCN(C(=O)c2occc2-c2ccc(F)cc2)C1. The summed E-state index contributed by atoms with van der Waals surface area (Å²) in [5.41, 5.74) is 1.22. The molecule has 1 amide bonds. The molecule has 0 aliphatic carbocycles. The van der Waals surface area contributed by atoms with E-state index in [1.807, 2.05) is 0 Å². The van der Waals surface area contributed by atoms with Crippen LogP contribution in [0, 0.1) is 5.82 Å². The number of halogens is 1. The first-order chi connectivity index (χ1) is 11.9. The number of sulfonamides is 1. The molecule has 25 heavy (non-hydrogen) atoms. The summed E-state index contributed by atoms with van der Waals surface area (Å²) < 4.78 is 45.1. The van der Waals surface area contributed by atoms with Crippen molar-refractivity contribution >= 4 is 15.9 Å². The van der Waals surface area contributed by atoms with E-state index in [9.17, 15) is 17.6 Å². The minimum atomic E-state index is -3.43. The molecule has 0 spiro atoms. The van der Waals surface area contributed by atoms with Crippen LogP contribution in [-0.2, 0) is 10.0 Å². The van der Waals surface area contributed by atoms with Crippen molar-refractivity contribution < 1.29 is 22.0 Å². The standard InChI is InChI=1S/C17H19FN2O4S/c1-2-19-25(22,23)14-7-9-20(11-14)17(21)16-15(8-10-24-16)12-3-5-13(18)6-4-12/h3-6,8,10,14,19H,2,7,9,11H2,1H3. The maximum Gasteiger partial charge on any atom is 0.290 e. The normalized spacial score (nSPS) is 17.8. The lowest BCUT2D eigenvalue weighted by atomic mass is 10.1. The van der Waals surface area contributed by atoms with E-state index in [1.165, 1.54) is 23.3 Å². The second-order valence-electron chi connectivity index (χ2n) is 5.88. The van der Waals surface area contributed by atoms with Crippen molar-refractivity contribution in [3.05, 3.63) is 48.2 Å². The van der Waals surface area contributed by atoms with Crippen molar-refractivity contribution in [1.29, 1.82) is 0 Å². The highest BCUT2D eigenvalue weighted by molar-refractivity contribution is 7.90. The maximum absolute atomic E-state index is 13.1. The Morgan fingerprint density at radius 2 is 2.04 bits per heavy atom. The molecule has 2 heterocycles. The van der Waals surface area contributed by atoms with Crippen molar-refractivity contribution in [1.82, 2.24) is 9.62 Å². The quantitative estimate of drug-likeness (QED) is 0.880. The van der Waals surface area contributed by atoms with Crippen LogP contribution in [0.5, 0.6) is 0 Å². The molecule has 1 fully saturated rings. The van der Waals surface area contributed by atoms with Gasteiger partial charge in [0.1, 0.15) is 5.82 Å². The van der Waals surface area contributed by atoms with E-state index in [0.717, 1.165) is 0 Å². The molecule has 1 atom stereocenters. The molecule has 1 unspecified atom stereocenters. The molecule has 1 saturated heterocycles. The van der Waals surface area contributed by atoms with Crippen LogP contribution in [-0.4, -0.2) is 44.1 Å². The number of carbonyl (C=O) groups excluding carboxylic acids is 1. The molecule has 1 aromatic heterocycles. The third-order valence-corrected chi connectivity index (χ3v) is 6.18. The average molecular weight is 366 g/mol. The molecular formula is C17H19FN2O4S. The Morgan fingerprint density at radius 3 is 2.72 bits per heavy atom. The van der Waals surface area contributed by atoms with Crippen LogP contribution >= 0.6 is 0 Å². The molecule has 1 aromatic carbocycles. The molecule has 2 aromatic rings. The van der Waals surface area contributed by atoms with Gasteiger partial charge in [-0.2, -0.15) is 0 Å². The fourth-order valence-corrected chi connectivity index (χ4v) is 4.39. The average Bonchev–Trinajstić information content (AvgIpc) is 3.25. The van der Waals surface area contributed by atoms with E-state index in [4.69, 9.17) is 4.42 Å². The van der Waals surface area contributed by atoms with Gasteiger partial charge in [-0.25, -0.2) is 17.5 Å². The van der Waals surface area contributed by atoms with E-state index < -0.39 is 15.3 Å². The van der Waals surface area contributed by atoms with Crippen LogP contribution in [0.25, 0.3) is 11.1 Å². The Kier molecular flexibility index (Phi) is 4.91. The van der Waals surface area contributed by atoms with Crippen LogP contribution in [0.2, 0.25) is 0 Å². The zero-order valence-corrected chi connectivity index (χ0v) is 14.6. The van der Waals surface area contributed by atoms with Crippen LogP contribution < -0.4 is 4.72 Å². The van der Waals surface area contributed by atoms with Crippen molar-refractivity contribution in [2.24, 2.45) is 0 Å². The van der Waals surface area contributed by atoms with Gasteiger partial charge in [0.2, 0.25) is 10.0 Å².